The molecule has 4 heteroatoms. The Morgan fingerprint density at radius 3 is 2.38 bits per heavy atom. The lowest BCUT2D eigenvalue weighted by molar-refractivity contribution is -0.143. The molecule has 0 bridgehead atoms. The Morgan fingerprint density at radius 2 is 1.75 bits per heavy atom. The minimum Gasteiger partial charge on any atom is -0.466 e. The number of hydrogen-bond acceptors (Lipinski definition) is 3. The molecular formula is C20H23NO3. The molecule has 24 heavy (non-hydrogen) atoms. The highest BCUT2D eigenvalue weighted by atomic mass is 16.5. The molecule has 1 amide bonds. The largest absolute Gasteiger partial charge is 0.466 e. The molecule has 0 saturated heterocycles. The first-order chi connectivity index (χ1) is 11.5. The van der Waals surface area contributed by atoms with Crippen molar-refractivity contribution in [1.29, 1.82) is 0 Å². The smallest absolute Gasteiger partial charge is 0.308 e. The second-order valence-corrected chi connectivity index (χ2v) is 5.82. The van der Waals surface area contributed by atoms with Gasteiger partial charge in [-0.3, -0.25) is 9.59 Å². The predicted molar refractivity (Wildman–Crippen MR) is 93.8 cm³/mol. The van der Waals surface area contributed by atoms with Gasteiger partial charge in [0.2, 0.25) is 0 Å². The third-order valence-electron chi connectivity index (χ3n) is 3.74. The van der Waals surface area contributed by atoms with Crippen molar-refractivity contribution in [1.82, 2.24) is 5.32 Å². The molecule has 0 unspecified atom stereocenters. The molecule has 0 aromatic heterocycles. The van der Waals surface area contributed by atoms with Crippen LogP contribution in [0.3, 0.4) is 0 Å². The van der Waals surface area contributed by atoms with E-state index in [1.54, 1.807) is 13.0 Å². The van der Waals surface area contributed by atoms with Gasteiger partial charge in [0.25, 0.3) is 5.91 Å². The van der Waals surface area contributed by atoms with E-state index in [4.69, 9.17) is 4.74 Å². The van der Waals surface area contributed by atoms with Gasteiger partial charge in [0.05, 0.1) is 19.1 Å². The molecule has 0 radical (unpaired) electrons. The van der Waals surface area contributed by atoms with Crippen LogP contribution in [0.4, 0.5) is 0 Å². The highest BCUT2D eigenvalue weighted by molar-refractivity contribution is 5.94. The fourth-order valence-corrected chi connectivity index (χ4v) is 2.47. The molecule has 2 rings (SSSR count). The van der Waals surface area contributed by atoms with Crippen LogP contribution in [0.25, 0.3) is 0 Å². The van der Waals surface area contributed by atoms with E-state index in [0.29, 0.717) is 12.2 Å². The van der Waals surface area contributed by atoms with Gasteiger partial charge < -0.3 is 10.1 Å². The van der Waals surface area contributed by atoms with Gasteiger partial charge in [-0.15, -0.1) is 0 Å². The third kappa shape index (κ3) is 4.95. The van der Waals surface area contributed by atoms with Crippen LogP contribution in [0.5, 0.6) is 0 Å². The SMILES string of the molecule is CCOC(=O)C[C@@H](NC(=O)c1cccc(C)c1)c1ccc(C)cc1. The van der Waals surface area contributed by atoms with Crippen molar-refractivity contribution in [2.75, 3.05) is 6.61 Å². The van der Waals surface area contributed by atoms with Crippen molar-refractivity contribution in [2.24, 2.45) is 0 Å². The van der Waals surface area contributed by atoms with E-state index in [9.17, 15) is 9.59 Å². The Morgan fingerprint density at radius 1 is 1.04 bits per heavy atom. The second-order valence-electron chi connectivity index (χ2n) is 5.82. The monoisotopic (exact) mass is 325 g/mol. The summed E-state index contributed by atoms with van der Waals surface area (Å²) in [4.78, 5) is 24.4. The van der Waals surface area contributed by atoms with Crippen molar-refractivity contribution in [3.8, 4) is 0 Å². The average molecular weight is 325 g/mol. The maximum Gasteiger partial charge on any atom is 0.308 e. The number of carbonyl (C=O) groups excluding carboxylic acids is 2. The van der Waals surface area contributed by atoms with Crippen LogP contribution in [-0.2, 0) is 9.53 Å². The number of esters is 1. The molecule has 1 N–H and O–H groups in total. The van der Waals surface area contributed by atoms with E-state index >= 15 is 0 Å². The standard InChI is InChI=1S/C20H23NO3/c1-4-24-19(22)13-18(16-10-8-14(2)9-11-16)21-20(23)17-7-5-6-15(3)12-17/h5-12,18H,4,13H2,1-3H3,(H,21,23)/t18-/m1/s1. The van der Waals surface area contributed by atoms with Gasteiger partial charge in [0.1, 0.15) is 0 Å². The fraction of sp³-hybridized carbons (Fsp3) is 0.300. The summed E-state index contributed by atoms with van der Waals surface area (Å²) in [6.07, 6.45) is 0.106. The number of nitrogens with one attached hydrogen (secondary N) is 1. The molecule has 4 nitrogen and oxygen atoms in total. The van der Waals surface area contributed by atoms with Crippen LogP contribution >= 0.6 is 0 Å². The van der Waals surface area contributed by atoms with Gasteiger partial charge in [-0.25, -0.2) is 0 Å². The van der Waals surface area contributed by atoms with Gasteiger partial charge in [0.15, 0.2) is 0 Å². The number of carbonyl (C=O) groups is 2. The van der Waals surface area contributed by atoms with E-state index in [1.165, 1.54) is 0 Å². The fourth-order valence-electron chi connectivity index (χ4n) is 2.47. The Bertz CT molecular complexity index is 707. The Hall–Kier alpha value is -2.62. The van der Waals surface area contributed by atoms with Crippen LogP contribution < -0.4 is 5.32 Å². The Kier molecular flexibility index (Phi) is 6.13. The lowest BCUT2D eigenvalue weighted by atomic mass is 10.0. The zero-order valence-corrected chi connectivity index (χ0v) is 14.3. The first-order valence-electron chi connectivity index (χ1n) is 8.09. The summed E-state index contributed by atoms with van der Waals surface area (Å²) in [5.74, 6) is -0.527. The van der Waals surface area contributed by atoms with E-state index in [1.807, 2.05) is 56.3 Å². The van der Waals surface area contributed by atoms with E-state index in [0.717, 1.165) is 16.7 Å². The summed E-state index contributed by atoms with van der Waals surface area (Å²) in [5.41, 5.74) is 3.60. The number of aryl methyl sites for hydroxylation is 2. The van der Waals surface area contributed by atoms with Crippen LogP contribution in [0.1, 0.15) is 46.4 Å². The molecule has 0 spiro atoms. The maximum atomic E-state index is 12.5. The topological polar surface area (TPSA) is 55.4 Å². The molecule has 0 aliphatic carbocycles. The van der Waals surface area contributed by atoms with Crippen LogP contribution in [0, 0.1) is 13.8 Å². The van der Waals surface area contributed by atoms with Gasteiger partial charge in [-0.2, -0.15) is 0 Å². The minimum absolute atomic E-state index is 0.106. The normalized spacial score (nSPS) is 11.6. The van der Waals surface area contributed by atoms with Gasteiger partial charge >= 0.3 is 5.97 Å². The van der Waals surface area contributed by atoms with Crippen molar-refractivity contribution < 1.29 is 14.3 Å². The van der Waals surface area contributed by atoms with Gasteiger partial charge in [-0.1, -0.05) is 47.5 Å². The molecule has 0 aliphatic heterocycles. The summed E-state index contributed by atoms with van der Waals surface area (Å²) < 4.78 is 5.03. The molecule has 0 heterocycles. The molecule has 2 aromatic carbocycles. The van der Waals surface area contributed by atoms with Crippen LogP contribution in [0.15, 0.2) is 48.5 Å². The lowest BCUT2D eigenvalue weighted by Crippen LogP contribution is -2.30. The quantitative estimate of drug-likeness (QED) is 0.823. The van der Waals surface area contributed by atoms with Crippen LogP contribution in [0.2, 0.25) is 0 Å². The summed E-state index contributed by atoms with van der Waals surface area (Å²) >= 11 is 0. The predicted octanol–water partition coefficient (Wildman–Crippen LogP) is 3.73. The molecule has 2 aromatic rings. The van der Waals surface area contributed by atoms with Crippen LogP contribution in [-0.4, -0.2) is 18.5 Å². The number of ether oxygens (including phenoxy) is 1. The lowest BCUT2D eigenvalue weighted by Gasteiger charge is -2.19. The summed E-state index contributed by atoms with van der Waals surface area (Å²) in [6, 6.07) is 14.7. The van der Waals surface area contributed by atoms with Gasteiger partial charge in [0, 0.05) is 5.56 Å². The number of amides is 1. The van der Waals surface area contributed by atoms with Crippen molar-refractivity contribution >= 4 is 11.9 Å². The maximum absolute atomic E-state index is 12.5. The number of rotatable bonds is 6. The first kappa shape index (κ1) is 17.7. The highest BCUT2D eigenvalue weighted by Crippen LogP contribution is 2.19. The van der Waals surface area contributed by atoms with Crippen molar-refractivity contribution in [3.63, 3.8) is 0 Å². The highest BCUT2D eigenvalue weighted by Gasteiger charge is 2.20. The van der Waals surface area contributed by atoms with E-state index in [2.05, 4.69) is 5.32 Å². The zero-order valence-electron chi connectivity index (χ0n) is 14.3. The van der Waals surface area contributed by atoms with Gasteiger partial charge in [-0.05, 0) is 38.5 Å². The van der Waals surface area contributed by atoms with Crippen molar-refractivity contribution in [3.05, 3.63) is 70.8 Å². The molecule has 1 atom stereocenters. The van der Waals surface area contributed by atoms with E-state index < -0.39 is 6.04 Å². The van der Waals surface area contributed by atoms with Crippen molar-refractivity contribution in [2.45, 2.75) is 33.2 Å². The molecule has 0 saturated carbocycles. The summed E-state index contributed by atoms with van der Waals surface area (Å²) in [5, 5.41) is 2.95. The minimum atomic E-state index is -0.419. The molecule has 126 valence electrons. The molecular weight excluding hydrogens is 302 g/mol. The third-order valence-corrected chi connectivity index (χ3v) is 3.74. The zero-order chi connectivity index (χ0) is 17.5. The Balaban J connectivity index is 2.20. The molecule has 0 fully saturated rings. The second kappa shape index (κ2) is 8.29. The number of hydrogen-bond donors (Lipinski definition) is 1. The first-order valence-corrected chi connectivity index (χ1v) is 8.09. The summed E-state index contributed by atoms with van der Waals surface area (Å²) in [6.45, 7) is 6.03. The summed E-state index contributed by atoms with van der Waals surface area (Å²) in [7, 11) is 0. The number of benzene rings is 2. The average Bonchev–Trinajstić information content (AvgIpc) is 2.55. The Labute approximate surface area is 142 Å². The van der Waals surface area contributed by atoms with E-state index in [-0.39, 0.29) is 18.3 Å². The molecule has 0 aliphatic rings.